The summed E-state index contributed by atoms with van der Waals surface area (Å²) >= 11 is 0. The molecule has 2 aliphatic heterocycles. The number of halogens is 1. The zero-order chi connectivity index (χ0) is 21.3. The van der Waals surface area contributed by atoms with Crippen LogP contribution in [0.1, 0.15) is 37.3 Å². The van der Waals surface area contributed by atoms with Crippen LogP contribution in [0, 0.1) is 0 Å². The lowest BCUT2D eigenvalue weighted by molar-refractivity contribution is -0.148. The van der Waals surface area contributed by atoms with E-state index in [-0.39, 0.29) is 24.8 Å². The minimum Gasteiger partial charge on any atom is -0.340 e. The molecule has 0 spiro atoms. The number of hydrogen-bond donors (Lipinski definition) is 0. The number of alkyl halides is 1. The van der Waals surface area contributed by atoms with E-state index in [2.05, 4.69) is 29.6 Å². The molecule has 3 aromatic heterocycles. The van der Waals surface area contributed by atoms with Gasteiger partial charge in [-0.05, 0) is 36.6 Å². The number of likely N-dealkylation sites (tertiary alicyclic amines) is 2. The summed E-state index contributed by atoms with van der Waals surface area (Å²) in [7, 11) is 0. The third-order valence-corrected chi connectivity index (χ3v) is 6.56. The first-order chi connectivity index (χ1) is 15.1. The molecule has 8 nitrogen and oxygen atoms in total. The predicted octanol–water partition coefficient (Wildman–Crippen LogP) is 2.39. The Labute approximate surface area is 180 Å². The molecule has 0 aliphatic carbocycles. The summed E-state index contributed by atoms with van der Waals surface area (Å²) in [6.07, 6.45) is 9.02. The van der Waals surface area contributed by atoms with Crippen LogP contribution < -0.4 is 0 Å². The standard InChI is InChI=1S/C22H26FN7O/c23-22(6-12-28(13-7-22)15-17-3-9-26-27-14-17)21(31)29-10-4-18(5-11-29)30-16-25-19-2-1-8-24-20(19)30/h1-3,8-9,14,16,18H,4-7,10-13,15H2. The maximum absolute atomic E-state index is 15.6. The van der Waals surface area contributed by atoms with E-state index in [9.17, 15) is 4.79 Å². The lowest BCUT2D eigenvalue weighted by Gasteiger charge is -2.40. The van der Waals surface area contributed by atoms with Gasteiger partial charge in [0, 0.05) is 64.0 Å². The Bertz CT molecular complexity index is 1040. The topological polar surface area (TPSA) is 80.0 Å². The van der Waals surface area contributed by atoms with E-state index in [0.29, 0.717) is 32.7 Å². The van der Waals surface area contributed by atoms with Crippen molar-refractivity contribution < 1.29 is 9.18 Å². The van der Waals surface area contributed by atoms with Gasteiger partial charge in [0.15, 0.2) is 11.3 Å². The fourth-order valence-electron chi connectivity index (χ4n) is 4.71. The quantitative estimate of drug-likeness (QED) is 0.641. The first kappa shape index (κ1) is 20.0. The average molecular weight is 423 g/mol. The van der Waals surface area contributed by atoms with E-state index in [1.807, 2.05) is 24.5 Å². The number of pyridine rings is 1. The van der Waals surface area contributed by atoms with E-state index < -0.39 is 5.67 Å². The van der Waals surface area contributed by atoms with Crippen LogP contribution in [0.15, 0.2) is 43.1 Å². The molecule has 1 amide bonds. The number of aromatic nitrogens is 5. The third-order valence-electron chi connectivity index (χ3n) is 6.56. The molecule has 0 N–H and O–H groups in total. The summed E-state index contributed by atoms with van der Waals surface area (Å²) in [4.78, 5) is 25.8. The van der Waals surface area contributed by atoms with Gasteiger partial charge in [0.2, 0.25) is 0 Å². The lowest BCUT2D eigenvalue weighted by atomic mass is 9.90. The summed E-state index contributed by atoms with van der Waals surface area (Å²) in [5.41, 5.74) is 1.03. The molecule has 0 saturated carbocycles. The van der Waals surface area contributed by atoms with Gasteiger partial charge in [-0.3, -0.25) is 9.69 Å². The number of imidazole rings is 1. The minimum absolute atomic E-state index is 0.232. The van der Waals surface area contributed by atoms with Crippen LogP contribution in [0.2, 0.25) is 0 Å². The van der Waals surface area contributed by atoms with Gasteiger partial charge in [0.25, 0.3) is 5.91 Å². The molecule has 0 bridgehead atoms. The highest BCUT2D eigenvalue weighted by Gasteiger charge is 2.44. The van der Waals surface area contributed by atoms with Crippen molar-refractivity contribution in [3.63, 3.8) is 0 Å². The second-order valence-corrected chi connectivity index (χ2v) is 8.51. The van der Waals surface area contributed by atoms with E-state index in [1.165, 1.54) is 0 Å². The van der Waals surface area contributed by atoms with Crippen molar-refractivity contribution in [1.82, 2.24) is 34.5 Å². The van der Waals surface area contributed by atoms with Gasteiger partial charge in [0.1, 0.15) is 5.52 Å². The Morgan fingerprint density at radius 2 is 1.87 bits per heavy atom. The van der Waals surface area contributed by atoms with Crippen molar-refractivity contribution in [2.75, 3.05) is 26.2 Å². The molecule has 9 heteroatoms. The number of carbonyl (C=O) groups excluding carboxylic acids is 1. The second kappa shape index (κ2) is 8.30. The number of nitrogens with zero attached hydrogens (tertiary/aromatic N) is 7. The molecule has 3 aromatic rings. The normalized spacial score (nSPS) is 20.2. The number of hydrogen-bond acceptors (Lipinski definition) is 6. The molecule has 0 unspecified atom stereocenters. The van der Waals surface area contributed by atoms with Crippen molar-refractivity contribution in [3.05, 3.63) is 48.7 Å². The van der Waals surface area contributed by atoms with Crippen molar-refractivity contribution in [3.8, 4) is 0 Å². The summed E-state index contributed by atoms with van der Waals surface area (Å²) < 4.78 is 17.7. The number of rotatable bonds is 4. The summed E-state index contributed by atoms with van der Waals surface area (Å²) in [6.45, 7) is 2.96. The molecular formula is C22H26FN7O. The summed E-state index contributed by atoms with van der Waals surface area (Å²) in [5.74, 6) is -0.343. The van der Waals surface area contributed by atoms with Crippen molar-refractivity contribution >= 4 is 17.1 Å². The zero-order valence-corrected chi connectivity index (χ0v) is 17.4. The maximum atomic E-state index is 15.6. The highest BCUT2D eigenvalue weighted by atomic mass is 19.1. The number of amides is 1. The highest BCUT2D eigenvalue weighted by Crippen LogP contribution is 2.32. The van der Waals surface area contributed by atoms with Gasteiger partial charge in [-0.15, -0.1) is 0 Å². The van der Waals surface area contributed by atoms with Gasteiger partial charge >= 0.3 is 0 Å². The fourth-order valence-corrected chi connectivity index (χ4v) is 4.71. The first-order valence-electron chi connectivity index (χ1n) is 10.9. The number of fused-ring (bicyclic) bond motifs is 1. The number of carbonyl (C=O) groups is 1. The fraction of sp³-hybridized carbons (Fsp3) is 0.500. The Balaban J connectivity index is 1.17. The van der Waals surface area contributed by atoms with Crippen LogP contribution in [0.3, 0.4) is 0 Å². The maximum Gasteiger partial charge on any atom is 0.260 e. The van der Waals surface area contributed by atoms with Gasteiger partial charge in [0.05, 0.1) is 12.5 Å². The van der Waals surface area contributed by atoms with E-state index in [4.69, 9.17) is 0 Å². The lowest BCUT2D eigenvalue weighted by Crippen LogP contribution is -2.53. The van der Waals surface area contributed by atoms with Crippen molar-refractivity contribution in [2.45, 2.75) is 43.9 Å². The molecule has 162 valence electrons. The molecule has 5 rings (SSSR count). The first-order valence-corrected chi connectivity index (χ1v) is 10.9. The summed E-state index contributed by atoms with van der Waals surface area (Å²) in [6, 6.07) is 5.97. The van der Waals surface area contributed by atoms with Crippen molar-refractivity contribution in [1.29, 1.82) is 0 Å². The Morgan fingerprint density at radius 1 is 1.06 bits per heavy atom. The van der Waals surface area contributed by atoms with Crippen LogP contribution in [-0.4, -0.2) is 72.3 Å². The van der Waals surface area contributed by atoms with Crippen LogP contribution in [0.4, 0.5) is 4.39 Å². The SMILES string of the molecule is O=C(N1CCC(n2cnc3cccnc32)CC1)C1(F)CCN(Cc2ccnnc2)CC1. The molecule has 2 saturated heterocycles. The van der Waals surface area contributed by atoms with Crippen molar-refractivity contribution in [2.24, 2.45) is 0 Å². The molecule has 0 aromatic carbocycles. The van der Waals surface area contributed by atoms with E-state index >= 15 is 4.39 Å². The molecule has 5 heterocycles. The molecule has 2 fully saturated rings. The van der Waals surface area contributed by atoms with Crippen LogP contribution in [0.25, 0.3) is 11.2 Å². The molecular weight excluding hydrogens is 397 g/mol. The monoisotopic (exact) mass is 423 g/mol. The average Bonchev–Trinajstić information content (AvgIpc) is 3.25. The Morgan fingerprint density at radius 3 is 2.61 bits per heavy atom. The second-order valence-electron chi connectivity index (χ2n) is 8.51. The Hall–Kier alpha value is -2.94. The largest absolute Gasteiger partial charge is 0.340 e. The van der Waals surface area contributed by atoms with E-state index in [0.717, 1.165) is 29.6 Å². The highest BCUT2D eigenvalue weighted by molar-refractivity contribution is 5.85. The van der Waals surface area contributed by atoms with Crippen LogP contribution >= 0.6 is 0 Å². The van der Waals surface area contributed by atoms with Gasteiger partial charge < -0.3 is 9.47 Å². The molecule has 2 aliphatic rings. The minimum atomic E-state index is -1.76. The third kappa shape index (κ3) is 4.01. The molecule has 0 atom stereocenters. The van der Waals surface area contributed by atoms with Gasteiger partial charge in [-0.1, -0.05) is 0 Å². The van der Waals surface area contributed by atoms with E-state index in [1.54, 1.807) is 23.5 Å². The van der Waals surface area contributed by atoms with Gasteiger partial charge in [-0.2, -0.15) is 10.2 Å². The summed E-state index contributed by atoms with van der Waals surface area (Å²) in [5, 5.41) is 7.67. The van der Waals surface area contributed by atoms with Gasteiger partial charge in [-0.25, -0.2) is 14.4 Å². The van der Waals surface area contributed by atoms with Crippen LogP contribution in [-0.2, 0) is 11.3 Å². The zero-order valence-electron chi connectivity index (χ0n) is 17.4. The molecule has 31 heavy (non-hydrogen) atoms. The van der Waals surface area contributed by atoms with Crippen LogP contribution in [0.5, 0.6) is 0 Å². The number of piperidine rings is 2. The predicted molar refractivity (Wildman–Crippen MR) is 113 cm³/mol. The Kier molecular flexibility index (Phi) is 5.35. The molecule has 0 radical (unpaired) electrons. The smallest absolute Gasteiger partial charge is 0.260 e.